The van der Waals surface area contributed by atoms with Crippen LogP contribution in [-0.2, 0) is 12.8 Å². The van der Waals surface area contributed by atoms with Gasteiger partial charge in [0.1, 0.15) is 0 Å². The summed E-state index contributed by atoms with van der Waals surface area (Å²) in [6.45, 7) is 0. The largest absolute Gasteiger partial charge is 0.367 e. The van der Waals surface area contributed by atoms with Gasteiger partial charge in [0.25, 0.3) is 0 Å². The molecular weight excluding hydrogens is 110 g/mol. The zero-order valence-electron chi connectivity index (χ0n) is 5.28. The molecule has 1 heteroatoms. The molecule has 0 spiro atoms. The Balaban J connectivity index is 2.39. The van der Waals surface area contributed by atoms with E-state index >= 15 is 0 Å². The second-order valence-electron chi connectivity index (χ2n) is 2.43. The lowest BCUT2D eigenvalue weighted by molar-refractivity contribution is 0.837. The van der Waals surface area contributed by atoms with Gasteiger partial charge in [-0.3, -0.25) is 0 Å². The predicted octanol–water partition coefficient (Wildman–Crippen LogP) is 1.58. The number of hydrogen-bond acceptors (Lipinski definition) is 0. The van der Waals surface area contributed by atoms with Gasteiger partial charge < -0.3 is 4.98 Å². The maximum Gasteiger partial charge on any atom is 0.00404 e. The van der Waals surface area contributed by atoms with Crippen LogP contribution < -0.4 is 0 Å². The number of rotatable bonds is 0. The lowest BCUT2D eigenvalue weighted by Gasteiger charge is -2.07. The van der Waals surface area contributed by atoms with Gasteiger partial charge in [-0.05, 0) is 36.8 Å². The van der Waals surface area contributed by atoms with Crippen molar-refractivity contribution in [3.8, 4) is 0 Å². The lowest BCUT2D eigenvalue weighted by Crippen LogP contribution is -1.98. The van der Waals surface area contributed by atoms with Gasteiger partial charge in [-0.15, -0.1) is 0 Å². The van der Waals surface area contributed by atoms with E-state index in [1.165, 1.54) is 17.5 Å². The summed E-state index contributed by atoms with van der Waals surface area (Å²) in [7, 11) is 0. The fourth-order valence-electron chi connectivity index (χ4n) is 1.27. The molecule has 0 aromatic carbocycles. The van der Waals surface area contributed by atoms with Crippen LogP contribution in [0, 0.1) is 6.42 Å². The molecule has 0 atom stereocenters. The Morgan fingerprint density at radius 1 is 1.33 bits per heavy atom. The van der Waals surface area contributed by atoms with Crippen LogP contribution >= 0.6 is 0 Å². The number of fused-ring (bicyclic) bond motifs is 1. The highest BCUT2D eigenvalue weighted by molar-refractivity contribution is 5.27. The summed E-state index contributed by atoms with van der Waals surface area (Å²) < 4.78 is 0. The van der Waals surface area contributed by atoms with Crippen LogP contribution in [0.1, 0.15) is 17.5 Å². The van der Waals surface area contributed by atoms with Crippen molar-refractivity contribution < 1.29 is 0 Å². The van der Waals surface area contributed by atoms with Crippen molar-refractivity contribution in [1.29, 1.82) is 0 Å². The summed E-state index contributed by atoms with van der Waals surface area (Å²) in [6.07, 6.45) is 10.8. The summed E-state index contributed by atoms with van der Waals surface area (Å²) in [5, 5.41) is 0. The molecule has 1 aliphatic carbocycles. The van der Waals surface area contributed by atoms with Crippen LogP contribution in [0.4, 0.5) is 0 Å². The molecule has 0 unspecified atom stereocenters. The molecule has 0 saturated heterocycles. The normalized spacial score (nSPS) is 17.3. The minimum absolute atomic E-state index is 1.04. The fourth-order valence-corrected chi connectivity index (χ4v) is 1.27. The van der Waals surface area contributed by atoms with Gasteiger partial charge in [-0.1, -0.05) is 0 Å². The molecule has 1 aromatic heterocycles. The highest BCUT2D eigenvalue weighted by atomic mass is 14.6. The molecule has 2 rings (SSSR count). The maximum absolute atomic E-state index is 3.31. The first-order valence-corrected chi connectivity index (χ1v) is 3.32. The smallest absolute Gasteiger partial charge is 0.00404 e. The number of hydrogen-bond donors (Lipinski definition) is 1. The van der Waals surface area contributed by atoms with Crippen molar-refractivity contribution in [2.24, 2.45) is 0 Å². The Kier molecular flexibility index (Phi) is 1.08. The first-order valence-electron chi connectivity index (χ1n) is 3.32. The number of H-pyrrole nitrogens is 1. The van der Waals surface area contributed by atoms with Gasteiger partial charge in [0.15, 0.2) is 0 Å². The molecule has 2 radical (unpaired) electrons. The summed E-state index contributed by atoms with van der Waals surface area (Å²) >= 11 is 0. The molecule has 0 aliphatic heterocycles. The van der Waals surface area contributed by atoms with Crippen molar-refractivity contribution in [3.05, 3.63) is 29.9 Å². The predicted molar refractivity (Wildman–Crippen MR) is 36.1 cm³/mol. The molecule has 46 valence electrons. The summed E-state index contributed by atoms with van der Waals surface area (Å²) in [5.74, 6) is 0. The first kappa shape index (κ1) is 5.10. The SMILES string of the molecule is [C]1CCc2c[nH]cc2C1. The zero-order valence-corrected chi connectivity index (χ0v) is 5.28. The van der Waals surface area contributed by atoms with Crippen molar-refractivity contribution in [2.75, 3.05) is 0 Å². The molecule has 1 N–H and O–H groups in total. The summed E-state index contributed by atoms with van der Waals surface area (Å²) in [6, 6.07) is 0. The van der Waals surface area contributed by atoms with E-state index in [-0.39, 0.29) is 0 Å². The van der Waals surface area contributed by atoms with Crippen LogP contribution in [-0.4, -0.2) is 4.98 Å². The summed E-state index contributed by atoms with van der Waals surface area (Å²) in [5.41, 5.74) is 2.91. The number of aromatic nitrogens is 1. The number of nitrogens with one attached hydrogen (secondary N) is 1. The highest BCUT2D eigenvalue weighted by Gasteiger charge is 2.08. The second kappa shape index (κ2) is 1.90. The Hall–Kier alpha value is -0.720. The molecule has 0 fully saturated rings. The van der Waals surface area contributed by atoms with E-state index in [4.69, 9.17) is 0 Å². The Labute approximate surface area is 55.1 Å². The van der Waals surface area contributed by atoms with E-state index in [0.717, 1.165) is 12.8 Å². The van der Waals surface area contributed by atoms with E-state index in [2.05, 4.69) is 23.8 Å². The number of aryl methyl sites for hydroxylation is 1. The molecule has 9 heavy (non-hydrogen) atoms. The molecule has 1 nitrogen and oxygen atoms in total. The Morgan fingerprint density at radius 3 is 3.11 bits per heavy atom. The molecule has 0 bridgehead atoms. The second-order valence-corrected chi connectivity index (χ2v) is 2.43. The van der Waals surface area contributed by atoms with Crippen LogP contribution in [0.2, 0.25) is 0 Å². The summed E-state index contributed by atoms with van der Waals surface area (Å²) in [4.78, 5) is 3.10. The van der Waals surface area contributed by atoms with Crippen molar-refractivity contribution in [2.45, 2.75) is 19.3 Å². The fraction of sp³-hybridized carbons (Fsp3) is 0.375. The van der Waals surface area contributed by atoms with E-state index in [1.54, 1.807) is 0 Å². The van der Waals surface area contributed by atoms with Gasteiger partial charge in [0.2, 0.25) is 0 Å². The lowest BCUT2D eigenvalue weighted by atomic mass is 9.96. The van der Waals surface area contributed by atoms with Crippen LogP contribution in [0.25, 0.3) is 0 Å². The van der Waals surface area contributed by atoms with Gasteiger partial charge in [-0.25, -0.2) is 0 Å². The average molecular weight is 119 g/mol. The molecular formula is C8H9N. The minimum Gasteiger partial charge on any atom is -0.367 e. The van der Waals surface area contributed by atoms with Crippen molar-refractivity contribution in [3.63, 3.8) is 0 Å². The van der Waals surface area contributed by atoms with E-state index in [1.807, 2.05) is 0 Å². The van der Waals surface area contributed by atoms with Gasteiger partial charge in [0.05, 0.1) is 0 Å². The topological polar surface area (TPSA) is 15.8 Å². The van der Waals surface area contributed by atoms with Crippen LogP contribution in [0.5, 0.6) is 0 Å². The number of aromatic amines is 1. The Bertz CT molecular complexity index is 180. The molecule has 1 aliphatic rings. The zero-order chi connectivity index (χ0) is 6.10. The average Bonchev–Trinajstić information content (AvgIpc) is 2.33. The molecule has 0 saturated carbocycles. The monoisotopic (exact) mass is 119 g/mol. The minimum atomic E-state index is 1.04. The molecule has 0 amide bonds. The third kappa shape index (κ3) is 0.766. The Morgan fingerprint density at radius 2 is 2.22 bits per heavy atom. The van der Waals surface area contributed by atoms with Crippen molar-refractivity contribution >= 4 is 0 Å². The van der Waals surface area contributed by atoms with E-state index < -0.39 is 0 Å². The van der Waals surface area contributed by atoms with E-state index in [0.29, 0.717) is 0 Å². The van der Waals surface area contributed by atoms with Crippen LogP contribution in [0.3, 0.4) is 0 Å². The van der Waals surface area contributed by atoms with Gasteiger partial charge in [0, 0.05) is 12.4 Å². The molecule has 1 heterocycles. The molecule has 1 aromatic rings. The first-order chi connectivity index (χ1) is 4.47. The van der Waals surface area contributed by atoms with Crippen LogP contribution in [0.15, 0.2) is 12.4 Å². The third-order valence-corrected chi connectivity index (χ3v) is 1.81. The quantitative estimate of drug-likeness (QED) is 0.533. The van der Waals surface area contributed by atoms with Gasteiger partial charge >= 0.3 is 0 Å². The highest BCUT2D eigenvalue weighted by Crippen LogP contribution is 2.18. The maximum atomic E-state index is 3.31. The standard InChI is InChI=1S/C8H9N/c1-2-4-8-6-9-5-7(8)3-1/h5-6,9H,1,3-4H2. The third-order valence-electron chi connectivity index (χ3n) is 1.81. The van der Waals surface area contributed by atoms with E-state index in [9.17, 15) is 0 Å². The van der Waals surface area contributed by atoms with Gasteiger partial charge in [-0.2, -0.15) is 0 Å². The van der Waals surface area contributed by atoms with Crippen molar-refractivity contribution in [1.82, 2.24) is 4.98 Å².